The molecule has 0 bridgehead atoms. The standard InChI is InChI=1S/C20H31N5O/c1-22-8-10-25(11-9-22)12-13-26-20-7-5-4-6-19(20)17-23(2)15-18-14-21-24(3)16-18/h4-7,14,16H,8-13,15,17H2,1-3H3. The van der Waals surface area contributed by atoms with E-state index in [9.17, 15) is 0 Å². The van der Waals surface area contributed by atoms with Crippen LogP contribution >= 0.6 is 0 Å². The summed E-state index contributed by atoms with van der Waals surface area (Å²) < 4.78 is 7.97. The maximum Gasteiger partial charge on any atom is 0.123 e. The number of aromatic nitrogens is 2. The van der Waals surface area contributed by atoms with Crippen molar-refractivity contribution in [2.75, 3.05) is 53.4 Å². The van der Waals surface area contributed by atoms with Gasteiger partial charge >= 0.3 is 0 Å². The van der Waals surface area contributed by atoms with E-state index in [1.807, 2.05) is 17.9 Å². The molecule has 3 rings (SSSR count). The number of benzene rings is 1. The first-order valence-corrected chi connectivity index (χ1v) is 9.38. The van der Waals surface area contributed by atoms with E-state index in [-0.39, 0.29) is 0 Å². The summed E-state index contributed by atoms with van der Waals surface area (Å²) in [6, 6.07) is 8.37. The van der Waals surface area contributed by atoms with E-state index in [4.69, 9.17) is 4.74 Å². The lowest BCUT2D eigenvalue weighted by Gasteiger charge is -2.32. The van der Waals surface area contributed by atoms with Crippen LogP contribution in [0, 0.1) is 0 Å². The molecule has 142 valence electrons. The van der Waals surface area contributed by atoms with Gasteiger partial charge in [0.25, 0.3) is 0 Å². The van der Waals surface area contributed by atoms with Crippen LogP contribution in [-0.2, 0) is 20.1 Å². The van der Waals surface area contributed by atoms with Crippen molar-refractivity contribution in [3.05, 3.63) is 47.8 Å². The van der Waals surface area contributed by atoms with E-state index >= 15 is 0 Å². The summed E-state index contributed by atoms with van der Waals surface area (Å²) in [7, 11) is 6.27. The number of hydrogen-bond donors (Lipinski definition) is 0. The minimum absolute atomic E-state index is 0.743. The van der Waals surface area contributed by atoms with Crippen molar-refractivity contribution >= 4 is 0 Å². The molecule has 1 aromatic heterocycles. The van der Waals surface area contributed by atoms with Gasteiger partial charge in [0.15, 0.2) is 0 Å². The molecule has 2 aromatic rings. The topological polar surface area (TPSA) is 36.8 Å². The van der Waals surface area contributed by atoms with Crippen molar-refractivity contribution in [2.45, 2.75) is 13.1 Å². The fraction of sp³-hybridized carbons (Fsp3) is 0.550. The number of hydrogen-bond acceptors (Lipinski definition) is 5. The van der Waals surface area contributed by atoms with Gasteiger partial charge in [0, 0.05) is 70.2 Å². The van der Waals surface area contributed by atoms with Gasteiger partial charge in [-0.15, -0.1) is 0 Å². The first-order chi connectivity index (χ1) is 12.6. The van der Waals surface area contributed by atoms with Crippen molar-refractivity contribution in [1.82, 2.24) is 24.5 Å². The Morgan fingerprint density at radius 1 is 1.08 bits per heavy atom. The van der Waals surface area contributed by atoms with Crippen molar-refractivity contribution in [2.24, 2.45) is 7.05 Å². The van der Waals surface area contributed by atoms with Crippen LogP contribution in [0.5, 0.6) is 5.75 Å². The molecular weight excluding hydrogens is 326 g/mol. The first-order valence-electron chi connectivity index (χ1n) is 9.38. The molecule has 0 unspecified atom stereocenters. The maximum absolute atomic E-state index is 6.12. The van der Waals surface area contributed by atoms with Crippen LogP contribution in [-0.4, -0.2) is 77.9 Å². The van der Waals surface area contributed by atoms with E-state index in [1.54, 1.807) is 0 Å². The molecule has 0 atom stereocenters. The zero-order valence-electron chi connectivity index (χ0n) is 16.3. The molecule has 6 heteroatoms. The van der Waals surface area contributed by atoms with Gasteiger partial charge < -0.3 is 9.64 Å². The minimum atomic E-state index is 0.743. The van der Waals surface area contributed by atoms with Crippen LogP contribution in [0.15, 0.2) is 36.7 Å². The summed E-state index contributed by atoms with van der Waals surface area (Å²) in [5.41, 5.74) is 2.46. The van der Waals surface area contributed by atoms with Crippen molar-refractivity contribution in [1.29, 1.82) is 0 Å². The lowest BCUT2D eigenvalue weighted by molar-refractivity contribution is 0.133. The number of piperazine rings is 1. The highest BCUT2D eigenvalue weighted by molar-refractivity contribution is 5.33. The third-order valence-electron chi connectivity index (χ3n) is 4.88. The van der Waals surface area contributed by atoms with Crippen molar-refractivity contribution in [3.63, 3.8) is 0 Å². The Bertz CT molecular complexity index is 678. The molecular formula is C20H31N5O. The summed E-state index contributed by atoms with van der Waals surface area (Å²) in [4.78, 5) is 7.15. The Morgan fingerprint density at radius 2 is 1.85 bits per heavy atom. The fourth-order valence-electron chi connectivity index (χ4n) is 3.34. The highest BCUT2D eigenvalue weighted by atomic mass is 16.5. The Morgan fingerprint density at radius 3 is 2.58 bits per heavy atom. The lowest BCUT2D eigenvalue weighted by atomic mass is 10.2. The number of likely N-dealkylation sites (N-methyl/N-ethyl adjacent to an activating group) is 1. The van der Waals surface area contributed by atoms with Crippen LogP contribution in [0.3, 0.4) is 0 Å². The quantitative estimate of drug-likeness (QED) is 0.718. The number of ether oxygens (including phenoxy) is 1. The molecule has 0 amide bonds. The molecule has 0 N–H and O–H groups in total. The molecule has 1 fully saturated rings. The zero-order valence-corrected chi connectivity index (χ0v) is 16.3. The second-order valence-electron chi connectivity index (χ2n) is 7.30. The summed E-state index contributed by atoms with van der Waals surface area (Å²) in [5.74, 6) is 1.000. The summed E-state index contributed by atoms with van der Waals surface area (Å²) in [5, 5.41) is 4.24. The third-order valence-corrected chi connectivity index (χ3v) is 4.88. The number of rotatable bonds is 8. The smallest absolute Gasteiger partial charge is 0.123 e. The van der Waals surface area contributed by atoms with Gasteiger partial charge in [-0.25, -0.2) is 0 Å². The molecule has 0 aliphatic carbocycles. The number of aryl methyl sites for hydroxylation is 1. The van der Waals surface area contributed by atoms with Crippen LogP contribution in [0.25, 0.3) is 0 Å². The predicted octanol–water partition coefficient (Wildman–Crippen LogP) is 1.68. The third kappa shape index (κ3) is 5.56. The summed E-state index contributed by atoms with van der Waals surface area (Å²) >= 11 is 0. The molecule has 6 nitrogen and oxygen atoms in total. The molecule has 0 spiro atoms. The lowest BCUT2D eigenvalue weighted by Crippen LogP contribution is -2.45. The Balaban J connectivity index is 1.49. The van der Waals surface area contributed by atoms with Crippen molar-refractivity contribution < 1.29 is 4.74 Å². The average Bonchev–Trinajstić information content (AvgIpc) is 3.03. The maximum atomic E-state index is 6.12. The van der Waals surface area contributed by atoms with Gasteiger partial charge in [-0.05, 0) is 20.2 Å². The summed E-state index contributed by atoms with van der Waals surface area (Å²) in [6.07, 6.45) is 3.99. The number of para-hydroxylation sites is 1. The average molecular weight is 358 g/mol. The largest absolute Gasteiger partial charge is 0.492 e. The molecule has 1 saturated heterocycles. The van der Waals surface area contributed by atoms with E-state index in [2.05, 4.69) is 64.4 Å². The molecule has 0 saturated carbocycles. The van der Waals surface area contributed by atoms with Gasteiger partial charge in [-0.2, -0.15) is 5.10 Å². The van der Waals surface area contributed by atoms with Gasteiger partial charge in [0.05, 0.1) is 6.20 Å². The SMILES string of the molecule is CN1CCN(CCOc2ccccc2CN(C)Cc2cnn(C)c2)CC1. The monoisotopic (exact) mass is 357 g/mol. The molecule has 1 aromatic carbocycles. The number of nitrogens with zero attached hydrogens (tertiary/aromatic N) is 5. The van der Waals surface area contributed by atoms with Crippen molar-refractivity contribution in [3.8, 4) is 5.75 Å². The Labute approximate surface area is 156 Å². The molecule has 26 heavy (non-hydrogen) atoms. The van der Waals surface area contributed by atoms with Crippen LogP contribution in [0.1, 0.15) is 11.1 Å². The van der Waals surface area contributed by atoms with E-state index in [0.29, 0.717) is 0 Å². The van der Waals surface area contributed by atoms with E-state index < -0.39 is 0 Å². The fourth-order valence-corrected chi connectivity index (χ4v) is 3.34. The van der Waals surface area contributed by atoms with Gasteiger partial charge in [0.2, 0.25) is 0 Å². The van der Waals surface area contributed by atoms with Crippen LogP contribution < -0.4 is 4.74 Å². The zero-order chi connectivity index (χ0) is 18.4. The second-order valence-corrected chi connectivity index (χ2v) is 7.30. The summed E-state index contributed by atoms with van der Waals surface area (Å²) in [6.45, 7) is 8.04. The molecule has 1 aliphatic rings. The normalized spacial score (nSPS) is 16.3. The van der Waals surface area contributed by atoms with Gasteiger partial charge in [-0.3, -0.25) is 14.5 Å². The van der Waals surface area contributed by atoms with Crippen LogP contribution in [0.4, 0.5) is 0 Å². The van der Waals surface area contributed by atoms with Gasteiger partial charge in [0.1, 0.15) is 12.4 Å². The second kappa shape index (κ2) is 9.16. The molecule has 2 heterocycles. The van der Waals surface area contributed by atoms with E-state index in [0.717, 1.165) is 58.2 Å². The highest BCUT2D eigenvalue weighted by Crippen LogP contribution is 2.20. The minimum Gasteiger partial charge on any atom is -0.492 e. The van der Waals surface area contributed by atoms with Gasteiger partial charge in [-0.1, -0.05) is 18.2 Å². The van der Waals surface area contributed by atoms with E-state index in [1.165, 1.54) is 11.1 Å². The Kier molecular flexibility index (Phi) is 6.66. The predicted molar refractivity (Wildman–Crippen MR) is 104 cm³/mol. The molecule has 1 aliphatic heterocycles. The van der Waals surface area contributed by atoms with Crippen LogP contribution in [0.2, 0.25) is 0 Å². The highest BCUT2D eigenvalue weighted by Gasteiger charge is 2.14. The first kappa shape index (κ1) is 18.9. The Hall–Kier alpha value is -1.89. The molecule has 0 radical (unpaired) electrons.